The minimum atomic E-state index is -4.60. The first-order valence-electron chi connectivity index (χ1n) is 26.1. The molecule has 2 aromatic heterocycles. The van der Waals surface area contributed by atoms with Crippen LogP contribution in [0, 0.1) is 27.4 Å². The summed E-state index contributed by atoms with van der Waals surface area (Å²) in [5.74, 6) is 0.219. The van der Waals surface area contributed by atoms with Crippen LogP contribution >= 0.6 is 0 Å². The summed E-state index contributed by atoms with van der Waals surface area (Å²) in [6, 6.07) is 23.3. The molecular weight excluding hydrogens is 933 g/mol. The molecule has 4 aliphatic heterocycles. The number of nitrogens with zero attached hydrogens (tertiary/aromatic N) is 5. The number of amides is 1. The minimum Gasteiger partial charge on any atom is -0.470 e. The number of nitro groups is 1. The Morgan fingerprint density at radius 1 is 0.972 bits per heavy atom. The monoisotopic (exact) mass is 1000 g/mol. The van der Waals surface area contributed by atoms with Crippen LogP contribution in [0.4, 0.5) is 28.4 Å². The van der Waals surface area contributed by atoms with Gasteiger partial charge in [0, 0.05) is 74.6 Å². The summed E-state index contributed by atoms with van der Waals surface area (Å²) in [5.41, 5.74) is 5.78. The van der Waals surface area contributed by atoms with E-state index in [1.165, 1.54) is 48.9 Å². The van der Waals surface area contributed by atoms with Crippen LogP contribution in [0.2, 0.25) is 0 Å². The predicted octanol–water partition coefficient (Wildman–Crippen LogP) is 9.85. The Morgan fingerprint density at radius 2 is 1.76 bits per heavy atom. The van der Waals surface area contributed by atoms with E-state index >= 15 is 0 Å². The number of sulfonamides is 1. The number of carbonyl (C=O) groups excluding carboxylic acids is 1. The molecule has 3 N–H and O–H groups in total. The number of hydrogen-bond donors (Lipinski definition) is 3. The largest absolute Gasteiger partial charge is 0.470 e. The lowest BCUT2D eigenvalue weighted by atomic mass is 9.59. The molecule has 1 spiro atoms. The van der Waals surface area contributed by atoms with E-state index < -0.39 is 20.9 Å². The molecule has 0 radical (unpaired) electrons. The van der Waals surface area contributed by atoms with Crippen LogP contribution in [0.1, 0.15) is 118 Å². The van der Waals surface area contributed by atoms with Crippen LogP contribution in [0.15, 0.2) is 83.9 Å². The number of benzene rings is 3. The number of ether oxygens (including phenoxy) is 3. The molecule has 0 unspecified atom stereocenters. The zero-order valence-electron chi connectivity index (χ0n) is 41.9. The van der Waals surface area contributed by atoms with E-state index in [0.717, 1.165) is 75.3 Å². The average Bonchev–Trinajstić information content (AvgIpc) is 4.14. The molecule has 0 bridgehead atoms. The Bertz CT molecular complexity index is 2960. The van der Waals surface area contributed by atoms with Crippen molar-refractivity contribution >= 4 is 55.4 Å². The first-order valence-corrected chi connectivity index (χ1v) is 27.6. The van der Waals surface area contributed by atoms with Crippen LogP contribution in [-0.4, -0.2) is 105 Å². The molecule has 6 aliphatic rings. The quantitative estimate of drug-likeness (QED) is 0.0749. The van der Waals surface area contributed by atoms with Gasteiger partial charge in [-0.1, -0.05) is 38.1 Å². The van der Waals surface area contributed by atoms with Gasteiger partial charge in [0.1, 0.15) is 23.1 Å². The molecule has 6 heterocycles. The number of hydrogen-bond acceptors (Lipinski definition) is 13. The Morgan fingerprint density at radius 3 is 2.53 bits per heavy atom. The maximum atomic E-state index is 14.7. The molecule has 16 nitrogen and oxygen atoms in total. The van der Waals surface area contributed by atoms with Gasteiger partial charge in [0.05, 0.1) is 39.9 Å². The van der Waals surface area contributed by atoms with E-state index in [-0.39, 0.29) is 45.4 Å². The molecule has 72 heavy (non-hydrogen) atoms. The summed E-state index contributed by atoms with van der Waals surface area (Å²) >= 11 is 0. The van der Waals surface area contributed by atoms with E-state index in [1.807, 2.05) is 35.4 Å². The Hall–Kier alpha value is -5.75. The number of H-pyrrole nitrogens is 1. The molecule has 3 saturated heterocycles. The number of aromatic amines is 1. The van der Waals surface area contributed by atoms with Crippen molar-refractivity contribution in [1.29, 1.82) is 0 Å². The number of aromatic nitrogens is 2. The highest BCUT2D eigenvalue weighted by atomic mass is 32.2. The van der Waals surface area contributed by atoms with Crippen molar-refractivity contribution in [1.82, 2.24) is 19.6 Å². The van der Waals surface area contributed by atoms with Gasteiger partial charge in [0.15, 0.2) is 0 Å². The number of methoxy groups -OCH3 is 1. The molecule has 1 amide bonds. The second-order valence-corrected chi connectivity index (χ2v) is 23.8. The second-order valence-electron chi connectivity index (χ2n) is 22.1. The third-order valence-corrected chi connectivity index (χ3v) is 18.6. The van der Waals surface area contributed by atoms with Crippen molar-refractivity contribution in [3.05, 3.63) is 106 Å². The maximum absolute atomic E-state index is 14.7. The highest BCUT2D eigenvalue weighted by Crippen LogP contribution is 2.55. The zero-order valence-corrected chi connectivity index (χ0v) is 42.7. The van der Waals surface area contributed by atoms with Crippen LogP contribution in [0.5, 0.6) is 5.88 Å². The summed E-state index contributed by atoms with van der Waals surface area (Å²) in [6.45, 7) is 11.3. The summed E-state index contributed by atoms with van der Waals surface area (Å²) in [5, 5.41) is 16.5. The van der Waals surface area contributed by atoms with Gasteiger partial charge in [0.2, 0.25) is 5.88 Å². The molecule has 5 aromatic rings. The molecular formula is C55H68N8O8S. The minimum absolute atomic E-state index is 0.0763. The van der Waals surface area contributed by atoms with Crippen molar-refractivity contribution < 1.29 is 32.3 Å². The summed E-state index contributed by atoms with van der Waals surface area (Å²) in [4.78, 5) is 41.4. The number of anilines is 4. The van der Waals surface area contributed by atoms with Crippen LogP contribution in [0.25, 0.3) is 11.0 Å². The first kappa shape index (κ1) is 48.5. The predicted molar refractivity (Wildman–Crippen MR) is 278 cm³/mol. The van der Waals surface area contributed by atoms with E-state index in [2.05, 4.69) is 69.9 Å². The van der Waals surface area contributed by atoms with Crippen molar-refractivity contribution in [3.8, 4) is 5.88 Å². The highest BCUT2D eigenvalue weighted by molar-refractivity contribution is 7.90. The Balaban J connectivity index is 0.854. The van der Waals surface area contributed by atoms with Gasteiger partial charge in [-0.25, -0.2) is 13.1 Å². The summed E-state index contributed by atoms with van der Waals surface area (Å²) < 4.78 is 48.8. The van der Waals surface area contributed by atoms with Gasteiger partial charge in [-0.2, -0.15) is 4.98 Å². The number of fused-ring (bicyclic) bond motifs is 3. The van der Waals surface area contributed by atoms with Gasteiger partial charge in [-0.3, -0.25) is 19.8 Å². The van der Waals surface area contributed by atoms with Crippen LogP contribution < -0.4 is 24.6 Å². The topological polar surface area (TPSA) is 184 Å². The summed E-state index contributed by atoms with van der Waals surface area (Å²) in [6.07, 6.45) is 12.1. The average molecular weight is 1000 g/mol. The van der Waals surface area contributed by atoms with E-state index in [9.17, 15) is 23.3 Å². The van der Waals surface area contributed by atoms with Gasteiger partial charge in [-0.05, 0) is 149 Å². The standard InChI is InChI=1S/C55H68N8O8S/c1-35(2)42-8-5-6-9-43(42)46-10-7-23-61(46)40-29-55(30-40)20-24-60(25-21-55)39-11-13-44(47(27-39)62-32-38-33-70-34-50(38)71-53-49(62)26-37-17-22-56-51(37)58-53)52(64)59-72(67,68)41-12-14-45(48(28-41)63(65)66)57-31-36-15-18-54(3,69-4)19-16-36/h5-6,8-9,11-14,17,22,26-28,35-36,38,40,46,50,57H,7,10,15-16,18-21,23-25,29-34H2,1-4H3,(H,56,58)(H,59,64)/t36?,38-,46+,50+,54?/m1/s1. The van der Waals surface area contributed by atoms with E-state index in [0.29, 0.717) is 72.6 Å². The molecule has 2 saturated carbocycles. The van der Waals surface area contributed by atoms with Gasteiger partial charge < -0.3 is 34.3 Å². The smallest absolute Gasteiger partial charge is 0.293 e. The second kappa shape index (κ2) is 19.3. The summed E-state index contributed by atoms with van der Waals surface area (Å²) in [7, 11) is -2.87. The Labute approximate surface area is 422 Å². The molecule has 17 heteroatoms. The molecule has 11 rings (SSSR count). The lowest BCUT2D eigenvalue weighted by Crippen LogP contribution is -2.55. The molecule has 382 valence electrons. The van der Waals surface area contributed by atoms with E-state index in [4.69, 9.17) is 19.2 Å². The SMILES string of the molecule is COC1(C)CCC(CNc2ccc(S(=O)(=O)NC(=O)c3ccc(N4CCC5(CC4)CC(N4CCC[C@H]4c4ccccc4C(C)C)C5)cc3N3C[C@@H]4COC[C@@H]4Oc4nc5[nH]ccc5cc43)cc2[N+](=O)[O-])CC1. The molecule has 3 atom stereocenters. The van der Waals surface area contributed by atoms with Crippen molar-refractivity contribution in [2.45, 2.75) is 120 Å². The van der Waals surface area contributed by atoms with Crippen LogP contribution in [-0.2, 0) is 19.5 Å². The molecule has 5 fully saturated rings. The van der Waals surface area contributed by atoms with Crippen molar-refractivity contribution in [2.75, 3.05) is 68.2 Å². The highest BCUT2D eigenvalue weighted by Gasteiger charge is 2.50. The molecule has 2 aliphatic carbocycles. The number of nitrogens with one attached hydrogen (secondary N) is 3. The van der Waals surface area contributed by atoms with Crippen molar-refractivity contribution in [3.63, 3.8) is 0 Å². The lowest BCUT2D eigenvalue weighted by molar-refractivity contribution is -0.384. The number of nitro benzene ring substituents is 1. The number of pyridine rings is 1. The van der Waals surface area contributed by atoms with Crippen LogP contribution in [0.3, 0.4) is 0 Å². The van der Waals surface area contributed by atoms with Gasteiger partial charge in [-0.15, -0.1) is 0 Å². The van der Waals surface area contributed by atoms with Gasteiger partial charge in [0.25, 0.3) is 21.6 Å². The molecule has 3 aromatic carbocycles. The third kappa shape index (κ3) is 9.30. The lowest BCUT2D eigenvalue weighted by Gasteiger charge is -2.56. The number of carbonyl (C=O) groups is 1. The zero-order chi connectivity index (χ0) is 49.9. The first-order chi connectivity index (χ1) is 34.7. The normalized spacial score (nSPS) is 25.5. The fourth-order valence-electron chi connectivity index (χ4n) is 12.8. The Kier molecular flexibility index (Phi) is 13.0. The number of piperidine rings is 1. The maximum Gasteiger partial charge on any atom is 0.293 e. The fraction of sp³-hybridized carbons (Fsp3) is 0.527. The third-order valence-electron chi connectivity index (χ3n) is 17.3. The van der Waals surface area contributed by atoms with Crippen molar-refractivity contribution in [2.24, 2.45) is 17.3 Å². The number of likely N-dealkylation sites (tertiary alicyclic amines) is 1. The van der Waals surface area contributed by atoms with E-state index in [1.54, 1.807) is 13.2 Å². The van der Waals surface area contributed by atoms with Gasteiger partial charge >= 0.3 is 0 Å². The number of rotatable bonds is 13. The fourth-order valence-corrected chi connectivity index (χ4v) is 13.8.